The number of anilines is 2. The average molecular weight is 419 g/mol. The number of benzene rings is 2. The third-order valence-electron chi connectivity index (χ3n) is 5.96. The molecule has 3 heterocycles. The monoisotopic (exact) mass is 418 g/mol. The molecule has 0 radical (unpaired) electrons. The summed E-state index contributed by atoms with van der Waals surface area (Å²) in [6.07, 6.45) is 1.86. The topological polar surface area (TPSA) is 106 Å². The zero-order valence-electron chi connectivity index (χ0n) is 17.2. The van der Waals surface area contributed by atoms with Crippen LogP contribution in [0.4, 0.5) is 11.9 Å². The Bertz CT molecular complexity index is 1070. The average Bonchev–Trinajstić information content (AvgIpc) is 3.31. The number of fused-ring (bicyclic) bond motifs is 1. The van der Waals surface area contributed by atoms with Gasteiger partial charge in [-0.25, -0.2) is 0 Å². The molecule has 2 aliphatic rings. The summed E-state index contributed by atoms with van der Waals surface area (Å²) in [6, 6.07) is 15.1. The van der Waals surface area contributed by atoms with Gasteiger partial charge in [0, 0.05) is 24.7 Å². The molecule has 1 fully saturated rings. The first kappa shape index (κ1) is 19.7. The van der Waals surface area contributed by atoms with Crippen LogP contribution < -0.4 is 15.5 Å². The Balaban J connectivity index is 1.56. The number of phenols is 1. The Morgan fingerprint density at radius 3 is 2.81 bits per heavy atom. The summed E-state index contributed by atoms with van der Waals surface area (Å²) in [6.45, 7) is 2.50. The van der Waals surface area contributed by atoms with Crippen molar-refractivity contribution in [3.63, 3.8) is 0 Å². The summed E-state index contributed by atoms with van der Waals surface area (Å²) in [7, 11) is 0. The van der Waals surface area contributed by atoms with Crippen LogP contribution in [0.5, 0.6) is 5.75 Å². The number of phenolic OH excluding ortho intramolecular Hbond substituents is 1. The lowest BCUT2D eigenvalue weighted by molar-refractivity contribution is 0.256. The van der Waals surface area contributed by atoms with Gasteiger partial charge in [-0.2, -0.15) is 15.0 Å². The van der Waals surface area contributed by atoms with Gasteiger partial charge in [-0.3, -0.25) is 0 Å². The SMILES string of the molecule is OC[C@H]1c2ccccc2CCN1c1nc(N[C@@H]2CCNC2)nc(-c2cccc(O)c2)n1. The molecule has 3 aromatic rings. The molecule has 1 aromatic heterocycles. The predicted molar refractivity (Wildman–Crippen MR) is 119 cm³/mol. The van der Waals surface area contributed by atoms with Gasteiger partial charge in [-0.1, -0.05) is 36.4 Å². The maximum atomic E-state index is 10.2. The van der Waals surface area contributed by atoms with Gasteiger partial charge in [0.25, 0.3) is 0 Å². The molecule has 1 saturated heterocycles. The van der Waals surface area contributed by atoms with E-state index in [4.69, 9.17) is 9.97 Å². The van der Waals surface area contributed by atoms with E-state index in [1.54, 1.807) is 18.2 Å². The molecule has 31 heavy (non-hydrogen) atoms. The van der Waals surface area contributed by atoms with Crippen molar-refractivity contribution in [1.29, 1.82) is 0 Å². The molecular formula is C23H26N6O2. The molecule has 0 amide bonds. The lowest BCUT2D eigenvalue weighted by Crippen LogP contribution is -2.39. The van der Waals surface area contributed by atoms with Gasteiger partial charge in [0.1, 0.15) is 5.75 Å². The smallest absolute Gasteiger partial charge is 0.231 e. The maximum absolute atomic E-state index is 10.2. The summed E-state index contributed by atoms with van der Waals surface area (Å²) in [5.41, 5.74) is 3.06. The normalized spacial score (nSPS) is 20.5. The first-order chi connectivity index (χ1) is 15.2. The standard InChI is InChI=1S/C23H26N6O2/c30-14-20-19-7-2-1-4-15(19)9-11-29(20)23-27-21(16-5-3-6-18(31)12-16)26-22(28-23)25-17-8-10-24-13-17/h1-7,12,17,20,24,30-31H,8-11,13-14H2,(H,25,26,27,28)/t17-,20+/m1/s1. The fourth-order valence-electron chi connectivity index (χ4n) is 4.38. The van der Waals surface area contributed by atoms with Crippen LogP contribution in [-0.4, -0.2) is 57.4 Å². The third kappa shape index (κ3) is 4.04. The van der Waals surface area contributed by atoms with E-state index in [-0.39, 0.29) is 24.4 Å². The summed E-state index contributed by atoms with van der Waals surface area (Å²) >= 11 is 0. The molecule has 8 nitrogen and oxygen atoms in total. The highest BCUT2D eigenvalue weighted by Gasteiger charge is 2.29. The Labute approximate surface area is 181 Å². The molecule has 2 atom stereocenters. The molecular weight excluding hydrogens is 392 g/mol. The van der Waals surface area contributed by atoms with Crippen molar-refractivity contribution in [2.45, 2.75) is 24.9 Å². The Hall–Kier alpha value is -3.23. The van der Waals surface area contributed by atoms with Crippen LogP contribution in [0.15, 0.2) is 48.5 Å². The van der Waals surface area contributed by atoms with Crippen molar-refractivity contribution >= 4 is 11.9 Å². The summed E-state index contributed by atoms with van der Waals surface area (Å²) in [4.78, 5) is 16.2. The third-order valence-corrected chi connectivity index (χ3v) is 5.96. The Morgan fingerprint density at radius 1 is 1.10 bits per heavy atom. The van der Waals surface area contributed by atoms with Crippen molar-refractivity contribution in [1.82, 2.24) is 20.3 Å². The molecule has 4 N–H and O–H groups in total. The van der Waals surface area contributed by atoms with E-state index < -0.39 is 0 Å². The van der Waals surface area contributed by atoms with Crippen LogP contribution >= 0.6 is 0 Å². The number of hydrogen-bond donors (Lipinski definition) is 4. The molecule has 0 saturated carbocycles. The van der Waals surface area contributed by atoms with E-state index in [1.165, 1.54) is 5.56 Å². The van der Waals surface area contributed by atoms with E-state index in [9.17, 15) is 10.2 Å². The molecule has 0 aliphatic carbocycles. The highest BCUT2D eigenvalue weighted by atomic mass is 16.3. The predicted octanol–water partition coefficient (Wildman–Crippen LogP) is 2.11. The molecule has 0 spiro atoms. The molecule has 8 heteroatoms. The minimum atomic E-state index is -0.217. The highest BCUT2D eigenvalue weighted by Crippen LogP contribution is 2.33. The first-order valence-electron chi connectivity index (χ1n) is 10.7. The number of aromatic nitrogens is 3. The fourth-order valence-corrected chi connectivity index (χ4v) is 4.38. The van der Waals surface area contributed by atoms with E-state index in [1.807, 2.05) is 23.1 Å². The van der Waals surface area contributed by atoms with Crippen LogP contribution in [-0.2, 0) is 6.42 Å². The lowest BCUT2D eigenvalue weighted by atomic mass is 9.93. The van der Waals surface area contributed by atoms with Gasteiger partial charge < -0.3 is 25.7 Å². The van der Waals surface area contributed by atoms with E-state index in [2.05, 4.69) is 27.8 Å². The van der Waals surface area contributed by atoms with Gasteiger partial charge in [0.2, 0.25) is 11.9 Å². The second-order valence-electron chi connectivity index (χ2n) is 8.01. The van der Waals surface area contributed by atoms with Crippen molar-refractivity contribution in [3.8, 4) is 17.1 Å². The number of hydrogen-bond acceptors (Lipinski definition) is 8. The summed E-state index contributed by atoms with van der Waals surface area (Å²) in [5.74, 6) is 1.68. The van der Waals surface area contributed by atoms with E-state index in [0.29, 0.717) is 29.8 Å². The van der Waals surface area contributed by atoms with Crippen LogP contribution in [0.2, 0.25) is 0 Å². The Kier molecular flexibility index (Phi) is 5.40. The molecule has 0 bridgehead atoms. The second kappa shape index (κ2) is 8.49. The van der Waals surface area contributed by atoms with Gasteiger partial charge in [-0.05, 0) is 42.6 Å². The van der Waals surface area contributed by atoms with E-state index in [0.717, 1.165) is 31.5 Å². The van der Waals surface area contributed by atoms with Crippen LogP contribution in [0.3, 0.4) is 0 Å². The van der Waals surface area contributed by atoms with Crippen LogP contribution in [0, 0.1) is 0 Å². The largest absolute Gasteiger partial charge is 0.508 e. The van der Waals surface area contributed by atoms with Crippen molar-refractivity contribution < 1.29 is 10.2 Å². The number of nitrogens with zero attached hydrogens (tertiary/aromatic N) is 4. The Morgan fingerprint density at radius 2 is 2.00 bits per heavy atom. The summed E-state index contributed by atoms with van der Waals surface area (Å²) < 4.78 is 0. The minimum absolute atomic E-state index is 0.0283. The molecule has 160 valence electrons. The number of aliphatic hydroxyl groups excluding tert-OH is 1. The molecule has 2 aromatic carbocycles. The van der Waals surface area contributed by atoms with Gasteiger partial charge >= 0.3 is 0 Å². The molecule has 2 aliphatic heterocycles. The maximum Gasteiger partial charge on any atom is 0.231 e. The fraction of sp³-hybridized carbons (Fsp3) is 0.348. The highest BCUT2D eigenvalue weighted by molar-refractivity contribution is 5.61. The van der Waals surface area contributed by atoms with Crippen LogP contribution in [0.25, 0.3) is 11.4 Å². The second-order valence-corrected chi connectivity index (χ2v) is 8.01. The number of rotatable bonds is 5. The van der Waals surface area contributed by atoms with Gasteiger partial charge in [0.15, 0.2) is 5.82 Å². The van der Waals surface area contributed by atoms with Crippen molar-refractivity contribution in [3.05, 3.63) is 59.7 Å². The molecule has 0 unspecified atom stereocenters. The molecule has 5 rings (SSSR count). The number of aliphatic hydroxyl groups is 1. The summed E-state index contributed by atoms with van der Waals surface area (Å²) in [5, 5.41) is 26.9. The zero-order valence-corrected chi connectivity index (χ0v) is 17.2. The minimum Gasteiger partial charge on any atom is -0.508 e. The van der Waals surface area contributed by atoms with Crippen molar-refractivity contribution in [2.75, 3.05) is 36.5 Å². The lowest BCUT2D eigenvalue weighted by Gasteiger charge is -2.36. The van der Waals surface area contributed by atoms with Gasteiger partial charge in [-0.15, -0.1) is 0 Å². The number of nitrogens with one attached hydrogen (secondary N) is 2. The van der Waals surface area contributed by atoms with E-state index >= 15 is 0 Å². The van der Waals surface area contributed by atoms with Gasteiger partial charge in [0.05, 0.1) is 12.6 Å². The first-order valence-corrected chi connectivity index (χ1v) is 10.7. The zero-order chi connectivity index (χ0) is 21.2. The van der Waals surface area contributed by atoms with Crippen LogP contribution in [0.1, 0.15) is 23.6 Å². The number of aromatic hydroxyl groups is 1. The quantitative estimate of drug-likeness (QED) is 0.499. The van der Waals surface area contributed by atoms with Crippen molar-refractivity contribution in [2.24, 2.45) is 0 Å².